The van der Waals surface area contributed by atoms with Gasteiger partial charge in [-0.1, -0.05) is 6.07 Å². The first kappa shape index (κ1) is 8.39. The molecule has 12 heavy (non-hydrogen) atoms. The van der Waals surface area contributed by atoms with E-state index in [1.54, 1.807) is 13.1 Å². The Kier molecular flexibility index (Phi) is 2.95. The first-order valence-corrected chi connectivity index (χ1v) is 3.49. The summed E-state index contributed by atoms with van der Waals surface area (Å²) in [6.45, 7) is 1.78. The van der Waals surface area contributed by atoms with E-state index in [1.807, 2.05) is 18.2 Å². The Bertz CT molecular complexity index is 282. The predicted molar refractivity (Wildman–Crippen MR) is 45.6 cm³/mol. The minimum Gasteiger partial charge on any atom is -0.277 e. The number of aromatic nitrogens is 1. The van der Waals surface area contributed by atoms with E-state index < -0.39 is 0 Å². The topological polar surface area (TPSA) is 54.4 Å². The number of hydrogen-bond acceptors (Lipinski definition) is 3. The highest BCUT2D eigenvalue weighted by atomic mass is 16.1. The molecule has 62 valence electrons. The Labute approximate surface area is 70.3 Å². The first-order valence-electron chi connectivity index (χ1n) is 3.49. The van der Waals surface area contributed by atoms with Crippen LogP contribution in [0.2, 0.25) is 0 Å². The van der Waals surface area contributed by atoms with Gasteiger partial charge in [-0.25, -0.2) is 5.43 Å². The fourth-order valence-corrected chi connectivity index (χ4v) is 0.757. The van der Waals surface area contributed by atoms with Gasteiger partial charge in [0.05, 0.1) is 11.4 Å². The number of rotatable bonds is 3. The maximum atomic E-state index is 9.90. The van der Waals surface area contributed by atoms with Crippen molar-refractivity contribution < 1.29 is 4.79 Å². The Morgan fingerprint density at radius 1 is 1.67 bits per heavy atom. The smallest absolute Gasteiger partial charge is 0.227 e. The van der Waals surface area contributed by atoms with Crippen LogP contribution in [-0.4, -0.2) is 17.1 Å². The molecule has 0 aliphatic heterocycles. The first-order chi connectivity index (χ1) is 5.84. The molecule has 0 saturated carbocycles. The maximum absolute atomic E-state index is 9.90. The van der Waals surface area contributed by atoms with Gasteiger partial charge in [0.1, 0.15) is 0 Å². The second-order valence-electron chi connectivity index (χ2n) is 2.16. The molecule has 1 heterocycles. The molecule has 1 aromatic rings. The zero-order chi connectivity index (χ0) is 8.81. The van der Waals surface area contributed by atoms with Crippen LogP contribution in [0.25, 0.3) is 0 Å². The minimum absolute atomic E-state index is 0.520. The molecule has 0 aromatic carbocycles. The molecule has 1 amide bonds. The lowest BCUT2D eigenvalue weighted by Crippen LogP contribution is -2.07. The number of pyridine rings is 1. The lowest BCUT2D eigenvalue weighted by Gasteiger charge is -1.96. The summed E-state index contributed by atoms with van der Waals surface area (Å²) in [5.41, 5.74) is 3.65. The number of hydrogen-bond donors (Lipinski definition) is 1. The molecular formula is C8H9N3O. The molecule has 0 atom stereocenters. The van der Waals surface area contributed by atoms with Crippen LogP contribution in [0, 0.1) is 0 Å². The van der Waals surface area contributed by atoms with Crippen molar-refractivity contribution in [3.8, 4) is 0 Å². The molecular weight excluding hydrogens is 154 g/mol. The normalized spacial score (nSPS) is 10.9. The fourth-order valence-electron chi connectivity index (χ4n) is 0.757. The van der Waals surface area contributed by atoms with E-state index in [9.17, 15) is 4.79 Å². The van der Waals surface area contributed by atoms with Gasteiger partial charge in [0, 0.05) is 6.20 Å². The van der Waals surface area contributed by atoms with E-state index in [4.69, 9.17) is 0 Å². The van der Waals surface area contributed by atoms with Crippen molar-refractivity contribution in [3.05, 3.63) is 30.1 Å². The van der Waals surface area contributed by atoms with Gasteiger partial charge in [-0.05, 0) is 19.1 Å². The summed E-state index contributed by atoms with van der Waals surface area (Å²) in [6, 6.07) is 5.51. The fraction of sp³-hybridized carbons (Fsp3) is 0.125. The van der Waals surface area contributed by atoms with Crippen LogP contribution in [0.5, 0.6) is 0 Å². The van der Waals surface area contributed by atoms with E-state index in [1.165, 1.54) is 0 Å². The number of amides is 1. The van der Waals surface area contributed by atoms with Crippen LogP contribution in [0.3, 0.4) is 0 Å². The Morgan fingerprint density at radius 3 is 3.08 bits per heavy atom. The molecule has 0 aliphatic rings. The second-order valence-corrected chi connectivity index (χ2v) is 2.16. The maximum Gasteiger partial charge on any atom is 0.227 e. The molecule has 0 aliphatic carbocycles. The molecule has 4 nitrogen and oxygen atoms in total. The zero-order valence-electron chi connectivity index (χ0n) is 6.69. The number of carbonyl (C=O) groups is 1. The third-order valence-corrected chi connectivity index (χ3v) is 1.32. The summed E-state index contributed by atoms with van der Waals surface area (Å²) >= 11 is 0. The number of carbonyl (C=O) groups excluding carboxylic acids is 1. The van der Waals surface area contributed by atoms with Gasteiger partial charge in [-0.15, -0.1) is 0 Å². The Morgan fingerprint density at radius 2 is 2.50 bits per heavy atom. The molecule has 4 heteroatoms. The van der Waals surface area contributed by atoms with Gasteiger partial charge >= 0.3 is 0 Å². The van der Waals surface area contributed by atoms with Crippen LogP contribution < -0.4 is 5.43 Å². The van der Waals surface area contributed by atoms with E-state index in [-0.39, 0.29) is 0 Å². The zero-order valence-corrected chi connectivity index (χ0v) is 6.69. The molecule has 1 rings (SSSR count). The number of nitrogens with zero attached hydrogens (tertiary/aromatic N) is 2. The van der Waals surface area contributed by atoms with Crippen molar-refractivity contribution in [1.29, 1.82) is 0 Å². The van der Waals surface area contributed by atoms with Gasteiger partial charge in [0.15, 0.2) is 0 Å². The van der Waals surface area contributed by atoms with Crippen LogP contribution in [0.15, 0.2) is 29.5 Å². The molecule has 0 saturated heterocycles. The van der Waals surface area contributed by atoms with E-state index in [0.717, 1.165) is 5.69 Å². The van der Waals surface area contributed by atoms with Crippen LogP contribution >= 0.6 is 0 Å². The number of hydrazone groups is 1. The molecule has 0 bridgehead atoms. The summed E-state index contributed by atoms with van der Waals surface area (Å²) in [5, 5.41) is 3.75. The van der Waals surface area contributed by atoms with Crippen molar-refractivity contribution in [1.82, 2.24) is 10.4 Å². The average Bonchev–Trinajstić information content (AvgIpc) is 2.15. The van der Waals surface area contributed by atoms with E-state index >= 15 is 0 Å². The highest BCUT2D eigenvalue weighted by Gasteiger charge is 1.95. The van der Waals surface area contributed by atoms with Crippen LogP contribution in [-0.2, 0) is 4.79 Å². The van der Waals surface area contributed by atoms with E-state index in [2.05, 4.69) is 15.5 Å². The standard InChI is InChI=1S/C8H9N3O/c1-7(11-10-6-12)8-4-2-3-5-9-8/h2-6H,1H3,(H,10,12)/b11-7-. The van der Waals surface area contributed by atoms with Crippen LogP contribution in [0.4, 0.5) is 0 Å². The highest BCUT2D eigenvalue weighted by Crippen LogP contribution is 1.94. The van der Waals surface area contributed by atoms with Crippen LogP contribution in [0.1, 0.15) is 12.6 Å². The molecule has 1 aromatic heterocycles. The quantitative estimate of drug-likeness (QED) is 0.402. The predicted octanol–water partition coefficient (Wildman–Crippen LogP) is 0.552. The largest absolute Gasteiger partial charge is 0.277 e. The van der Waals surface area contributed by atoms with Gasteiger partial charge in [-0.3, -0.25) is 9.78 Å². The van der Waals surface area contributed by atoms with Crippen molar-refractivity contribution in [3.63, 3.8) is 0 Å². The SMILES string of the molecule is C/C(=N/NC=O)c1ccccn1. The lowest BCUT2D eigenvalue weighted by molar-refractivity contribution is -0.109. The monoisotopic (exact) mass is 163 g/mol. The molecule has 0 spiro atoms. The highest BCUT2D eigenvalue weighted by molar-refractivity contribution is 5.96. The molecule has 0 fully saturated rings. The summed E-state index contributed by atoms with van der Waals surface area (Å²) in [6.07, 6.45) is 2.20. The third-order valence-electron chi connectivity index (χ3n) is 1.32. The van der Waals surface area contributed by atoms with Crippen molar-refractivity contribution in [2.45, 2.75) is 6.92 Å². The summed E-state index contributed by atoms with van der Waals surface area (Å²) in [5.74, 6) is 0. The Hall–Kier alpha value is -1.71. The van der Waals surface area contributed by atoms with Crippen molar-refractivity contribution in [2.75, 3.05) is 0 Å². The third kappa shape index (κ3) is 2.16. The summed E-state index contributed by atoms with van der Waals surface area (Å²) < 4.78 is 0. The number of nitrogens with one attached hydrogen (secondary N) is 1. The lowest BCUT2D eigenvalue weighted by atomic mass is 10.3. The second kappa shape index (κ2) is 4.23. The molecule has 1 N–H and O–H groups in total. The summed E-state index contributed by atoms with van der Waals surface area (Å²) in [4.78, 5) is 13.9. The van der Waals surface area contributed by atoms with Gasteiger partial charge in [-0.2, -0.15) is 5.10 Å². The van der Waals surface area contributed by atoms with Gasteiger partial charge in [0.25, 0.3) is 0 Å². The average molecular weight is 163 g/mol. The minimum atomic E-state index is 0.520. The van der Waals surface area contributed by atoms with Gasteiger partial charge < -0.3 is 0 Å². The van der Waals surface area contributed by atoms with Crippen molar-refractivity contribution in [2.24, 2.45) is 5.10 Å². The molecule has 0 radical (unpaired) electrons. The molecule has 0 unspecified atom stereocenters. The van der Waals surface area contributed by atoms with Crippen molar-refractivity contribution >= 4 is 12.1 Å². The van der Waals surface area contributed by atoms with Gasteiger partial charge in [0.2, 0.25) is 6.41 Å². The Balaban J connectivity index is 2.77. The summed E-state index contributed by atoms with van der Waals surface area (Å²) in [7, 11) is 0. The van der Waals surface area contributed by atoms with E-state index in [0.29, 0.717) is 12.1 Å².